The van der Waals surface area contributed by atoms with E-state index in [-0.39, 0.29) is 11.7 Å². The number of benzene rings is 1. The van der Waals surface area contributed by atoms with Crippen LogP contribution in [0.5, 0.6) is 5.75 Å². The van der Waals surface area contributed by atoms with Gasteiger partial charge in [-0.25, -0.2) is 0 Å². The van der Waals surface area contributed by atoms with Crippen molar-refractivity contribution < 1.29 is 9.90 Å². The minimum atomic E-state index is -0.203. The molecule has 0 unspecified atom stereocenters. The summed E-state index contributed by atoms with van der Waals surface area (Å²) in [5.41, 5.74) is 6.79. The summed E-state index contributed by atoms with van der Waals surface area (Å²) in [7, 11) is 0. The highest BCUT2D eigenvalue weighted by molar-refractivity contribution is 5.96. The highest BCUT2D eigenvalue weighted by Gasteiger charge is 2.18. The maximum atomic E-state index is 12.6. The molecule has 1 amide bonds. The van der Waals surface area contributed by atoms with E-state index in [1.165, 1.54) is 6.07 Å². The molecule has 1 aromatic heterocycles. The van der Waals surface area contributed by atoms with E-state index in [4.69, 9.17) is 5.73 Å². The monoisotopic (exact) mass is 285 g/mol. The summed E-state index contributed by atoms with van der Waals surface area (Å²) in [6.45, 7) is 1.50. The van der Waals surface area contributed by atoms with Gasteiger partial charge in [-0.1, -0.05) is 18.2 Å². The van der Waals surface area contributed by atoms with Crippen LogP contribution in [-0.2, 0) is 6.54 Å². The Hall–Kier alpha value is -2.40. The molecule has 3 N–H and O–H groups in total. The molecule has 1 heterocycles. The lowest BCUT2D eigenvalue weighted by Crippen LogP contribution is -2.32. The van der Waals surface area contributed by atoms with Gasteiger partial charge in [0, 0.05) is 25.5 Å². The van der Waals surface area contributed by atoms with Crippen molar-refractivity contribution in [3.05, 3.63) is 59.9 Å². The van der Waals surface area contributed by atoms with E-state index in [1.807, 2.05) is 12.1 Å². The molecule has 21 heavy (non-hydrogen) atoms. The Labute approximate surface area is 124 Å². The molecule has 0 radical (unpaired) electrons. The molecule has 0 saturated heterocycles. The third-order valence-electron chi connectivity index (χ3n) is 3.15. The predicted molar refractivity (Wildman–Crippen MR) is 80.8 cm³/mol. The van der Waals surface area contributed by atoms with Crippen molar-refractivity contribution in [1.29, 1.82) is 0 Å². The van der Waals surface area contributed by atoms with Gasteiger partial charge in [-0.05, 0) is 36.7 Å². The Morgan fingerprint density at radius 2 is 2.05 bits per heavy atom. The smallest absolute Gasteiger partial charge is 0.257 e. The number of nitrogens with zero attached hydrogens (tertiary/aromatic N) is 2. The van der Waals surface area contributed by atoms with Gasteiger partial charge in [0.1, 0.15) is 5.75 Å². The van der Waals surface area contributed by atoms with E-state index in [9.17, 15) is 9.90 Å². The summed E-state index contributed by atoms with van der Waals surface area (Å²) in [5.74, 6) is -0.211. The number of para-hydroxylation sites is 1. The van der Waals surface area contributed by atoms with E-state index in [2.05, 4.69) is 4.98 Å². The van der Waals surface area contributed by atoms with Gasteiger partial charge < -0.3 is 15.7 Å². The fraction of sp³-hybridized carbons (Fsp3) is 0.250. The van der Waals surface area contributed by atoms with Crippen molar-refractivity contribution in [1.82, 2.24) is 9.88 Å². The standard InChI is InChI=1S/C16H19N3O2/c17-8-4-10-19(12-13-5-3-9-18-11-13)16(21)14-6-1-2-7-15(14)20/h1-3,5-7,9,11,20H,4,8,10,12,17H2. The molecule has 0 fully saturated rings. The van der Waals surface area contributed by atoms with Gasteiger partial charge in [0.05, 0.1) is 5.56 Å². The van der Waals surface area contributed by atoms with Crippen LogP contribution >= 0.6 is 0 Å². The molecule has 1 aromatic carbocycles. The largest absolute Gasteiger partial charge is 0.507 e. The number of carbonyl (C=O) groups is 1. The summed E-state index contributed by atoms with van der Waals surface area (Å²) >= 11 is 0. The highest BCUT2D eigenvalue weighted by atomic mass is 16.3. The number of aromatic nitrogens is 1. The van der Waals surface area contributed by atoms with Crippen molar-refractivity contribution in [2.45, 2.75) is 13.0 Å². The maximum Gasteiger partial charge on any atom is 0.257 e. The molecule has 0 spiro atoms. The molecule has 110 valence electrons. The zero-order valence-electron chi connectivity index (χ0n) is 11.8. The zero-order chi connectivity index (χ0) is 15.1. The first-order valence-corrected chi connectivity index (χ1v) is 6.88. The summed E-state index contributed by atoms with van der Waals surface area (Å²) < 4.78 is 0. The third kappa shape index (κ3) is 4.03. The molecule has 0 atom stereocenters. The average Bonchev–Trinajstić information content (AvgIpc) is 2.52. The topological polar surface area (TPSA) is 79.5 Å². The van der Waals surface area contributed by atoms with Gasteiger partial charge in [0.2, 0.25) is 0 Å². The Morgan fingerprint density at radius 1 is 1.24 bits per heavy atom. The summed E-state index contributed by atoms with van der Waals surface area (Å²) in [6.07, 6.45) is 4.13. The summed E-state index contributed by atoms with van der Waals surface area (Å²) in [4.78, 5) is 18.3. The quantitative estimate of drug-likeness (QED) is 0.848. The zero-order valence-corrected chi connectivity index (χ0v) is 11.8. The van der Waals surface area contributed by atoms with Gasteiger partial charge in [0.15, 0.2) is 0 Å². The first-order chi connectivity index (χ1) is 10.2. The van der Waals surface area contributed by atoms with Gasteiger partial charge in [-0.15, -0.1) is 0 Å². The minimum absolute atomic E-state index is 0.00793. The van der Waals surface area contributed by atoms with Crippen LogP contribution in [0.25, 0.3) is 0 Å². The molecule has 0 aliphatic heterocycles. The molecule has 0 aliphatic carbocycles. The molecule has 0 saturated carbocycles. The van der Waals surface area contributed by atoms with Crippen molar-refractivity contribution >= 4 is 5.91 Å². The van der Waals surface area contributed by atoms with Crippen molar-refractivity contribution in [3.8, 4) is 5.75 Å². The van der Waals surface area contributed by atoms with Crippen LogP contribution in [0.15, 0.2) is 48.8 Å². The van der Waals surface area contributed by atoms with Crippen LogP contribution in [0.3, 0.4) is 0 Å². The number of amides is 1. The second kappa shape index (κ2) is 7.40. The Balaban J connectivity index is 2.19. The number of phenols is 1. The molecule has 2 aromatic rings. The molecular weight excluding hydrogens is 266 g/mol. The van der Waals surface area contributed by atoms with E-state index < -0.39 is 0 Å². The number of aromatic hydroxyl groups is 1. The lowest BCUT2D eigenvalue weighted by Gasteiger charge is -2.23. The average molecular weight is 285 g/mol. The van der Waals surface area contributed by atoms with Crippen molar-refractivity contribution in [2.75, 3.05) is 13.1 Å². The van der Waals surface area contributed by atoms with E-state index >= 15 is 0 Å². The number of carbonyl (C=O) groups excluding carboxylic acids is 1. The molecule has 0 bridgehead atoms. The maximum absolute atomic E-state index is 12.6. The van der Waals surface area contributed by atoms with Crippen LogP contribution in [0.4, 0.5) is 0 Å². The van der Waals surface area contributed by atoms with Crippen LogP contribution in [0.2, 0.25) is 0 Å². The Bertz CT molecular complexity index is 587. The van der Waals surface area contributed by atoms with E-state index in [0.29, 0.717) is 31.6 Å². The first-order valence-electron chi connectivity index (χ1n) is 6.88. The highest BCUT2D eigenvalue weighted by Crippen LogP contribution is 2.19. The van der Waals surface area contributed by atoms with Gasteiger partial charge in [-0.3, -0.25) is 9.78 Å². The fourth-order valence-electron chi connectivity index (χ4n) is 2.07. The van der Waals surface area contributed by atoms with Crippen LogP contribution in [0.1, 0.15) is 22.3 Å². The number of nitrogens with two attached hydrogens (primary N) is 1. The molecule has 5 heteroatoms. The van der Waals surface area contributed by atoms with Crippen molar-refractivity contribution in [2.24, 2.45) is 5.73 Å². The summed E-state index contributed by atoms with van der Waals surface area (Å²) in [5, 5.41) is 9.84. The first kappa shape index (κ1) is 15.0. The van der Waals surface area contributed by atoms with Gasteiger partial charge in [0.25, 0.3) is 5.91 Å². The molecule has 0 aliphatic rings. The number of hydrogen-bond donors (Lipinski definition) is 2. The fourth-order valence-corrected chi connectivity index (χ4v) is 2.07. The number of pyridine rings is 1. The number of rotatable bonds is 6. The SMILES string of the molecule is NCCCN(Cc1cccnc1)C(=O)c1ccccc1O. The Kier molecular flexibility index (Phi) is 5.29. The number of phenolic OH excluding ortho intramolecular Hbond substituents is 1. The summed E-state index contributed by atoms with van der Waals surface area (Å²) in [6, 6.07) is 10.3. The van der Waals surface area contributed by atoms with Crippen molar-refractivity contribution in [3.63, 3.8) is 0 Å². The van der Waals surface area contributed by atoms with E-state index in [1.54, 1.807) is 35.5 Å². The van der Waals surface area contributed by atoms with Crippen LogP contribution in [0, 0.1) is 0 Å². The lowest BCUT2D eigenvalue weighted by atomic mass is 10.1. The predicted octanol–water partition coefficient (Wildman–Crippen LogP) is 1.78. The van der Waals surface area contributed by atoms with Crippen LogP contribution < -0.4 is 5.73 Å². The Morgan fingerprint density at radius 3 is 2.71 bits per heavy atom. The molecule has 5 nitrogen and oxygen atoms in total. The third-order valence-corrected chi connectivity index (χ3v) is 3.15. The second-order valence-electron chi connectivity index (χ2n) is 4.75. The molecule has 2 rings (SSSR count). The normalized spacial score (nSPS) is 10.3. The minimum Gasteiger partial charge on any atom is -0.507 e. The van der Waals surface area contributed by atoms with E-state index in [0.717, 1.165) is 5.56 Å². The van der Waals surface area contributed by atoms with Crippen LogP contribution in [-0.4, -0.2) is 34.0 Å². The van der Waals surface area contributed by atoms with Gasteiger partial charge in [-0.2, -0.15) is 0 Å². The lowest BCUT2D eigenvalue weighted by molar-refractivity contribution is 0.0739. The number of hydrogen-bond acceptors (Lipinski definition) is 4. The van der Waals surface area contributed by atoms with Gasteiger partial charge >= 0.3 is 0 Å². The molecular formula is C16H19N3O2. The second-order valence-corrected chi connectivity index (χ2v) is 4.75.